The Kier molecular flexibility index (Phi) is 6.01. The summed E-state index contributed by atoms with van der Waals surface area (Å²) in [6, 6.07) is 6.29. The van der Waals surface area contributed by atoms with Crippen LogP contribution in [0, 0.1) is 6.92 Å². The predicted octanol–water partition coefficient (Wildman–Crippen LogP) is 3.15. The summed E-state index contributed by atoms with van der Waals surface area (Å²) in [5.74, 6) is 0.0861. The number of carbonyl (C=O) groups excluding carboxylic acids is 1. The van der Waals surface area contributed by atoms with E-state index < -0.39 is 0 Å². The molecule has 0 unspecified atom stereocenters. The summed E-state index contributed by atoms with van der Waals surface area (Å²) in [4.78, 5) is 11.6. The molecule has 1 amide bonds. The fourth-order valence-electron chi connectivity index (χ4n) is 1.70. The fourth-order valence-corrected chi connectivity index (χ4v) is 2.33. The van der Waals surface area contributed by atoms with E-state index in [1.165, 1.54) is 11.1 Å². The van der Waals surface area contributed by atoms with E-state index in [-0.39, 0.29) is 11.4 Å². The number of hydrogen-bond donors (Lipinski definition) is 2. The summed E-state index contributed by atoms with van der Waals surface area (Å²) in [7, 11) is 0. The van der Waals surface area contributed by atoms with E-state index in [9.17, 15) is 4.79 Å². The standard InChI is InChI=1S/C15H23BrN2O/c1-11-5-6-12(13(16)9-11)10-17-8-7-14(19)18-15(2,3)4/h5-6,9,17H,7-8,10H2,1-4H3,(H,18,19). The van der Waals surface area contributed by atoms with Gasteiger partial charge in [-0.1, -0.05) is 28.1 Å². The Morgan fingerprint density at radius 3 is 2.58 bits per heavy atom. The highest BCUT2D eigenvalue weighted by molar-refractivity contribution is 9.10. The highest BCUT2D eigenvalue weighted by Crippen LogP contribution is 2.17. The summed E-state index contributed by atoms with van der Waals surface area (Å²) in [5, 5.41) is 6.24. The lowest BCUT2D eigenvalue weighted by Crippen LogP contribution is -2.41. The molecule has 4 heteroatoms. The van der Waals surface area contributed by atoms with Gasteiger partial charge in [0.15, 0.2) is 0 Å². The monoisotopic (exact) mass is 326 g/mol. The third-order valence-electron chi connectivity index (χ3n) is 2.57. The lowest BCUT2D eigenvalue weighted by Gasteiger charge is -2.20. The number of carbonyl (C=O) groups is 1. The molecule has 0 aliphatic carbocycles. The van der Waals surface area contributed by atoms with Crippen LogP contribution in [-0.2, 0) is 11.3 Å². The van der Waals surface area contributed by atoms with Crippen LogP contribution in [0.4, 0.5) is 0 Å². The van der Waals surface area contributed by atoms with E-state index >= 15 is 0 Å². The van der Waals surface area contributed by atoms with Crippen LogP contribution in [0.15, 0.2) is 22.7 Å². The van der Waals surface area contributed by atoms with Crippen LogP contribution < -0.4 is 10.6 Å². The number of aryl methyl sites for hydroxylation is 1. The first kappa shape index (κ1) is 16.2. The average molecular weight is 327 g/mol. The van der Waals surface area contributed by atoms with Crippen LogP contribution in [0.5, 0.6) is 0 Å². The largest absolute Gasteiger partial charge is 0.351 e. The normalized spacial score (nSPS) is 11.4. The van der Waals surface area contributed by atoms with Crippen molar-refractivity contribution in [1.82, 2.24) is 10.6 Å². The van der Waals surface area contributed by atoms with Gasteiger partial charge in [-0.15, -0.1) is 0 Å². The quantitative estimate of drug-likeness (QED) is 0.816. The van der Waals surface area contributed by atoms with Gasteiger partial charge in [0.05, 0.1) is 0 Å². The molecule has 0 aliphatic rings. The van der Waals surface area contributed by atoms with Gasteiger partial charge >= 0.3 is 0 Å². The van der Waals surface area contributed by atoms with Crippen LogP contribution in [0.2, 0.25) is 0 Å². The van der Waals surface area contributed by atoms with Crippen LogP contribution in [-0.4, -0.2) is 18.0 Å². The molecular weight excluding hydrogens is 304 g/mol. The number of rotatable bonds is 5. The minimum absolute atomic E-state index is 0.0861. The summed E-state index contributed by atoms with van der Waals surface area (Å²) < 4.78 is 1.11. The van der Waals surface area contributed by atoms with Gasteiger partial charge in [-0.2, -0.15) is 0 Å². The second-order valence-electron chi connectivity index (χ2n) is 5.82. The van der Waals surface area contributed by atoms with Gasteiger partial charge in [0.25, 0.3) is 0 Å². The highest BCUT2D eigenvalue weighted by atomic mass is 79.9. The predicted molar refractivity (Wildman–Crippen MR) is 83.1 cm³/mol. The Balaban J connectivity index is 2.29. The van der Waals surface area contributed by atoms with Crippen molar-refractivity contribution in [2.24, 2.45) is 0 Å². The summed E-state index contributed by atoms with van der Waals surface area (Å²) in [5.41, 5.74) is 2.29. The molecular formula is C15H23BrN2O. The smallest absolute Gasteiger partial charge is 0.221 e. The van der Waals surface area contributed by atoms with Crippen molar-refractivity contribution in [1.29, 1.82) is 0 Å². The lowest BCUT2D eigenvalue weighted by atomic mass is 10.1. The molecule has 2 N–H and O–H groups in total. The van der Waals surface area contributed by atoms with Crippen molar-refractivity contribution < 1.29 is 4.79 Å². The molecule has 0 saturated carbocycles. The molecule has 0 heterocycles. The van der Waals surface area contributed by atoms with Gasteiger partial charge in [0.1, 0.15) is 0 Å². The maximum Gasteiger partial charge on any atom is 0.221 e. The molecule has 106 valence electrons. The van der Waals surface area contributed by atoms with E-state index in [0.29, 0.717) is 13.0 Å². The first-order valence-corrected chi connectivity index (χ1v) is 7.34. The zero-order valence-corrected chi connectivity index (χ0v) is 13.7. The molecule has 0 atom stereocenters. The average Bonchev–Trinajstić information content (AvgIpc) is 2.24. The van der Waals surface area contributed by atoms with Crippen LogP contribution in [0.25, 0.3) is 0 Å². The molecule has 0 saturated heterocycles. The van der Waals surface area contributed by atoms with Crippen LogP contribution in [0.3, 0.4) is 0 Å². The molecule has 0 radical (unpaired) electrons. The highest BCUT2D eigenvalue weighted by Gasteiger charge is 2.12. The number of halogens is 1. The molecule has 19 heavy (non-hydrogen) atoms. The van der Waals surface area contributed by atoms with Gasteiger partial charge in [-0.3, -0.25) is 4.79 Å². The SMILES string of the molecule is Cc1ccc(CNCCC(=O)NC(C)(C)C)c(Br)c1. The zero-order valence-electron chi connectivity index (χ0n) is 12.1. The minimum atomic E-state index is -0.156. The Bertz CT molecular complexity index is 438. The molecule has 0 aromatic heterocycles. The summed E-state index contributed by atoms with van der Waals surface area (Å²) in [6.45, 7) is 9.48. The Hall–Kier alpha value is -0.870. The van der Waals surface area contributed by atoms with Crippen LogP contribution >= 0.6 is 15.9 Å². The maximum absolute atomic E-state index is 11.6. The lowest BCUT2D eigenvalue weighted by molar-refractivity contribution is -0.122. The molecule has 1 aromatic rings. The summed E-state index contributed by atoms with van der Waals surface area (Å²) >= 11 is 3.55. The molecule has 0 aliphatic heterocycles. The molecule has 1 rings (SSSR count). The van der Waals surface area contributed by atoms with Crippen LogP contribution in [0.1, 0.15) is 38.3 Å². The Morgan fingerprint density at radius 2 is 2.00 bits per heavy atom. The Labute approximate surface area is 124 Å². The zero-order chi connectivity index (χ0) is 14.5. The maximum atomic E-state index is 11.6. The minimum Gasteiger partial charge on any atom is -0.351 e. The van der Waals surface area contributed by atoms with Crippen molar-refractivity contribution in [3.8, 4) is 0 Å². The summed E-state index contributed by atoms with van der Waals surface area (Å²) in [6.07, 6.45) is 0.501. The second-order valence-corrected chi connectivity index (χ2v) is 6.67. The van der Waals surface area contributed by atoms with Crippen molar-refractivity contribution in [3.63, 3.8) is 0 Å². The molecule has 0 fully saturated rings. The first-order valence-electron chi connectivity index (χ1n) is 6.55. The first-order chi connectivity index (χ1) is 8.78. The van der Waals surface area contributed by atoms with E-state index in [0.717, 1.165) is 11.0 Å². The van der Waals surface area contributed by atoms with Gasteiger partial charge < -0.3 is 10.6 Å². The number of amides is 1. The Morgan fingerprint density at radius 1 is 1.32 bits per heavy atom. The van der Waals surface area contributed by atoms with Gasteiger partial charge in [0, 0.05) is 29.5 Å². The third-order valence-corrected chi connectivity index (χ3v) is 3.31. The molecule has 1 aromatic carbocycles. The topological polar surface area (TPSA) is 41.1 Å². The van der Waals surface area contributed by atoms with E-state index in [1.807, 2.05) is 20.8 Å². The molecule has 0 spiro atoms. The number of nitrogens with one attached hydrogen (secondary N) is 2. The third kappa shape index (κ3) is 6.73. The van der Waals surface area contributed by atoms with E-state index in [1.54, 1.807) is 0 Å². The van der Waals surface area contributed by atoms with Crippen molar-refractivity contribution in [2.75, 3.05) is 6.54 Å². The van der Waals surface area contributed by atoms with Gasteiger partial charge in [-0.25, -0.2) is 0 Å². The van der Waals surface area contributed by atoms with E-state index in [4.69, 9.17) is 0 Å². The van der Waals surface area contributed by atoms with Gasteiger partial charge in [0.2, 0.25) is 5.91 Å². The fraction of sp³-hybridized carbons (Fsp3) is 0.533. The van der Waals surface area contributed by atoms with Crippen molar-refractivity contribution in [3.05, 3.63) is 33.8 Å². The van der Waals surface area contributed by atoms with Crippen molar-refractivity contribution >= 4 is 21.8 Å². The number of hydrogen-bond acceptors (Lipinski definition) is 2. The van der Waals surface area contributed by atoms with Crippen molar-refractivity contribution in [2.45, 2.75) is 46.2 Å². The number of benzene rings is 1. The van der Waals surface area contributed by atoms with Gasteiger partial charge in [-0.05, 0) is 44.9 Å². The van der Waals surface area contributed by atoms with E-state index in [2.05, 4.69) is 51.7 Å². The second kappa shape index (κ2) is 7.06. The molecule has 3 nitrogen and oxygen atoms in total. The molecule has 0 bridgehead atoms.